The first-order valence-corrected chi connectivity index (χ1v) is 11.0. The third kappa shape index (κ3) is 3.69. The number of aromatic amines is 1. The average Bonchev–Trinajstić information content (AvgIpc) is 3.39. The molecule has 28 heavy (non-hydrogen) atoms. The predicted octanol–water partition coefficient (Wildman–Crippen LogP) is 1.22. The van der Waals surface area contributed by atoms with Crippen LogP contribution >= 0.6 is 0 Å². The third-order valence-corrected chi connectivity index (χ3v) is 7.17. The maximum Gasteiger partial charge on any atom is 0.252 e. The second-order valence-electron chi connectivity index (χ2n) is 7.21. The van der Waals surface area contributed by atoms with Crippen LogP contribution in [0.4, 0.5) is 0 Å². The molecule has 9 heteroatoms. The number of benzene rings is 1. The number of H-pyrrole nitrogens is 1. The molecule has 1 unspecified atom stereocenters. The van der Waals surface area contributed by atoms with E-state index in [-0.39, 0.29) is 16.6 Å². The Morgan fingerprint density at radius 3 is 2.71 bits per heavy atom. The molecular formula is C19H23N3O5S. The van der Waals surface area contributed by atoms with Gasteiger partial charge in [0.05, 0.1) is 16.6 Å². The fraction of sp³-hybridized carbons (Fsp3) is 0.474. The largest absolute Gasteiger partial charge is 0.376 e. The first kappa shape index (κ1) is 19.1. The van der Waals surface area contributed by atoms with Crippen molar-refractivity contribution in [2.75, 3.05) is 26.2 Å². The summed E-state index contributed by atoms with van der Waals surface area (Å²) in [6.07, 6.45) is 3.51. The molecule has 2 aromatic rings. The van der Waals surface area contributed by atoms with Gasteiger partial charge in [0, 0.05) is 43.2 Å². The minimum absolute atomic E-state index is 0.0247. The fourth-order valence-electron chi connectivity index (χ4n) is 3.77. The summed E-state index contributed by atoms with van der Waals surface area (Å²) < 4.78 is 32.7. The van der Waals surface area contributed by atoms with E-state index < -0.39 is 21.5 Å². The first-order valence-electron chi connectivity index (χ1n) is 9.52. The Morgan fingerprint density at radius 2 is 2.00 bits per heavy atom. The lowest BCUT2D eigenvalue weighted by Gasteiger charge is -2.16. The van der Waals surface area contributed by atoms with Crippen molar-refractivity contribution in [1.82, 2.24) is 14.6 Å². The molecule has 2 saturated heterocycles. The monoisotopic (exact) mass is 405 g/mol. The number of sulfonamides is 1. The van der Waals surface area contributed by atoms with Crippen LogP contribution in [-0.4, -0.2) is 56.0 Å². The number of aromatic nitrogens is 1. The van der Waals surface area contributed by atoms with Crippen molar-refractivity contribution in [3.63, 3.8) is 0 Å². The molecule has 0 aliphatic carbocycles. The van der Waals surface area contributed by atoms with E-state index in [2.05, 4.69) is 10.3 Å². The number of rotatable bonds is 5. The van der Waals surface area contributed by atoms with Crippen LogP contribution in [0, 0.1) is 0 Å². The highest BCUT2D eigenvalue weighted by Crippen LogP contribution is 2.25. The Hall–Kier alpha value is -2.23. The zero-order valence-electron chi connectivity index (χ0n) is 15.4. The molecule has 4 rings (SSSR count). The topological polar surface area (TPSA) is 109 Å². The van der Waals surface area contributed by atoms with E-state index >= 15 is 0 Å². The average molecular weight is 405 g/mol. The maximum absolute atomic E-state index is 12.9. The second kappa shape index (κ2) is 7.65. The van der Waals surface area contributed by atoms with Crippen molar-refractivity contribution in [3.05, 3.63) is 40.2 Å². The van der Waals surface area contributed by atoms with Crippen LogP contribution in [0.5, 0.6) is 0 Å². The van der Waals surface area contributed by atoms with Crippen LogP contribution in [0.1, 0.15) is 36.0 Å². The molecule has 2 aliphatic rings. The summed E-state index contributed by atoms with van der Waals surface area (Å²) in [5.74, 6) is -0.415. The van der Waals surface area contributed by atoms with Crippen LogP contribution in [0.3, 0.4) is 0 Å². The number of fused-ring (bicyclic) bond motifs is 1. The summed E-state index contributed by atoms with van der Waals surface area (Å²) in [5.41, 5.74) is 0.176. The number of pyridine rings is 1. The molecule has 3 heterocycles. The lowest BCUT2D eigenvalue weighted by atomic mass is 10.1. The zero-order chi connectivity index (χ0) is 19.7. The van der Waals surface area contributed by atoms with E-state index in [1.807, 2.05) is 0 Å². The molecule has 2 N–H and O–H groups in total. The number of carbonyl (C=O) groups is 1. The quantitative estimate of drug-likeness (QED) is 0.778. The molecule has 1 atom stereocenters. The number of hydrogen-bond acceptors (Lipinski definition) is 5. The second-order valence-corrected chi connectivity index (χ2v) is 9.15. The Morgan fingerprint density at radius 1 is 1.21 bits per heavy atom. The van der Waals surface area contributed by atoms with Gasteiger partial charge in [0.2, 0.25) is 15.6 Å². The van der Waals surface area contributed by atoms with Crippen LogP contribution < -0.4 is 10.9 Å². The SMILES string of the molecule is O=C(NCC1CCCO1)c1cc(=O)[nH]c2ccc(S(=O)(=O)N3CCCC3)cc12. The fourth-order valence-corrected chi connectivity index (χ4v) is 5.31. The molecule has 0 bridgehead atoms. The van der Waals surface area contributed by atoms with Gasteiger partial charge < -0.3 is 15.0 Å². The summed E-state index contributed by atoms with van der Waals surface area (Å²) in [6, 6.07) is 5.69. The van der Waals surface area contributed by atoms with Crippen LogP contribution in [0.15, 0.2) is 34.0 Å². The summed E-state index contributed by atoms with van der Waals surface area (Å²) in [7, 11) is -3.62. The van der Waals surface area contributed by atoms with E-state index in [4.69, 9.17) is 4.74 Å². The van der Waals surface area contributed by atoms with Crippen molar-refractivity contribution < 1.29 is 17.9 Å². The minimum atomic E-state index is -3.62. The number of ether oxygens (including phenoxy) is 1. The molecule has 2 fully saturated rings. The predicted molar refractivity (Wildman–Crippen MR) is 104 cm³/mol. The van der Waals surface area contributed by atoms with Crippen molar-refractivity contribution >= 4 is 26.8 Å². The van der Waals surface area contributed by atoms with Gasteiger partial charge in [-0.15, -0.1) is 0 Å². The Balaban J connectivity index is 1.69. The number of carbonyl (C=O) groups excluding carboxylic acids is 1. The van der Waals surface area contributed by atoms with Crippen molar-refractivity contribution in [2.24, 2.45) is 0 Å². The van der Waals surface area contributed by atoms with Crippen molar-refractivity contribution in [1.29, 1.82) is 0 Å². The van der Waals surface area contributed by atoms with Gasteiger partial charge in [-0.05, 0) is 43.9 Å². The number of amides is 1. The van der Waals surface area contributed by atoms with Gasteiger partial charge in [0.15, 0.2) is 0 Å². The highest BCUT2D eigenvalue weighted by molar-refractivity contribution is 7.89. The Labute approximate surface area is 162 Å². The van der Waals surface area contributed by atoms with Crippen LogP contribution in [-0.2, 0) is 14.8 Å². The Kier molecular flexibility index (Phi) is 5.22. The molecule has 0 spiro atoms. The van der Waals surface area contributed by atoms with E-state index in [1.165, 1.54) is 28.6 Å². The van der Waals surface area contributed by atoms with Gasteiger partial charge in [0.25, 0.3) is 5.91 Å². The molecular weight excluding hydrogens is 382 g/mol. The highest BCUT2D eigenvalue weighted by Gasteiger charge is 2.28. The molecule has 1 aromatic heterocycles. The lowest BCUT2D eigenvalue weighted by molar-refractivity contribution is 0.0859. The molecule has 1 amide bonds. The third-order valence-electron chi connectivity index (χ3n) is 5.28. The summed E-state index contributed by atoms with van der Waals surface area (Å²) in [6.45, 7) is 2.05. The molecule has 8 nitrogen and oxygen atoms in total. The van der Waals surface area contributed by atoms with Crippen molar-refractivity contribution in [2.45, 2.75) is 36.7 Å². The van der Waals surface area contributed by atoms with Gasteiger partial charge >= 0.3 is 0 Å². The van der Waals surface area contributed by atoms with Crippen molar-refractivity contribution in [3.8, 4) is 0 Å². The number of hydrogen-bond donors (Lipinski definition) is 2. The van der Waals surface area contributed by atoms with Crippen LogP contribution in [0.2, 0.25) is 0 Å². The van der Waals surface area contributed by atoms with E-state index in [0.29, 0.717) is 37.1 Å². The summed E-state index contributed by atoms with van der Waals surface area (Å²) in [5, 5.41) is 3.20. The Bertz CT molecular complexity index is 1050. The van der Waals surface area contributed by atoms with Gasteiger partial charge in [-0.3, -0.25) is 9.59 Å². The van der Waals surface area contributed by atoms with E-state index in [9.17, 15) is 18.0 Å². The zero-order valence-corrected chi connectivity index (χ0v) is 16.3. The normalized spacial score (nSPS) is 20.6. The summed E-state index contributed by atoms with van der Waals surface area (Å²) in [4.78, 5) is 27.5. The van der Waals surface area contributed by atoms with E-state index in [0.717, 1.165) is 25.7 Å². The molecule has 0 saturated carbocycles. The minimum Gasteiger partial charge on any atom is -0.376 e. The van der Waals surface area contributed by atoms with Gasteiger partial charge in [-0.2, -0.15) is 4.31 Å². The van der Waals surface area contributed by atoms with Gasteiger partial charge in [-0.25, -0.2) is 8.42 Å². The molecule has 1 aromatic carbocycles. The standard InChI is InChI=1S/C19H23N3O5S/c23-18-11-16(19(24)20-12-13-4-3-9-27-13)15-10-14(5-6-17(15)21-18)28(25,26)22-7-1-2-8-22/h5-6,10-11,13H,1-4,7-9,12H2,(H,20,24)(H,21,23). The van der Waals surface area contributed by atoms with E-state index in [1.54, 1.807) is 0 Å². The molecule has 0 radical (unpaired) electrons. The van der Waals surface area contributed by atoms with Crippen LogP contribution in [0.25, 0.3) is 10.9 Å². The lowest BCUT2D eigenvalue weighted by Crippen LogP contribution is -2.32. The first-order chi connectivity index (χ1) is 13.4. The smallest absolute Gasteiger partial charge is 0.252 e. The molecule has 2 aliphatic heterocycles. The van der Waals surface area contributed by atoms with Gasteiger partial charge in [-0.1, -0.05) is 0 Å². The summed E-state index contributed by atoms with van der Waals surface area (Å²) >= 11 is 0. The van der Waals surface area contributed by atoms with Gasteiger partial charge in [0.1, 0.15) is 0 Å². The molecule has 150 valence electrons. The number of nitrogens with zero attached hydrogens (tertiary/aromatic N) is 1. The highest BCUT2D eigenvalue weighted by atomic mass is 32.2. The maximum atomic E-state index is 12.9. The number of nitrogens with one attached hydrogen (secondary N) is 2.